The molecule has 0 unspecified atom stereocenters. The molecule has 0 amide bonds. The van der Waals surface area contributed by atoms with Gasteiger partial charge in [-0.05, 0) is 23.7 Å². The van der Waals surface area contributed by atoms with Crippen molar-refractivity contribution in [2.45, 2.75) is 0 Å². The number of rotatable bonds is 1. The largest absolute Gasteiger partial charge is 0.505 e. The Balaban J connectivity index is 2.46. The van der Waals surface area contributed by atoms with E-state index < -0.39 is 0 Å². The molecule has 5 heteroatoms. The maximum Gasteiger partial charge on any atom is 0.213 e. The third-order valence-corrected chi connectivity index (χ3v) is 2.63. The number of hydrogen-bond donors (Lipinski definition) is 2. The van der Waals surface area contributed by atoms with Crippen LogP contribution < -0.4 is 5.32 Å². The van der Waals surface area contributed by atoms with Gasteiger partial charge in [-0.25, -0.2) is 0 Å². The van der Waals surface area contributed by atoms with Crippen molar-refractivity contribution in [2.75, 3.05) is 7.05 Å². The normalized spacial score (nSPS) is 10.9. The molecular weight excluding hydrogens is 234 g/mol. The quantitative estimate of drug-likeness (QED) is 0.599. The second-order valence-corrected chi connectivity index (χ2v) is 3.80. The Hall–Kier alpha value is -2.01. The van der Waals surface area contributed by atoms with E-state index in [1.165, 1.54) is 0 Å². The lowest BCUT2D eigenvalue weighted by molar-refractivity contribution is 0.482. The number of nitrogens with one attached hydrogen (secondary N) is 1. The van der Waals surface area contributed by atoms with Gasteiger partial charge in [-0.1, -0.05) is 30.3 Å². The van der Waals surface area contributed by atoms with Crippen LogP contribution in [-0.4, -0.2) is 17.3 Å². The second-order valence-electron chi connectivity index (χ2n) is 3.41. The van der Waals surface area contributed by atoms with E-state index in [4.69, 9.17) is 12.2 Å². The lowest BCUT2D eigenvalue weighted by Gasteiger charge is -2.03. The minimum atomic E-state index is 0.116. The summed E-state index contributed by atoms with van der Waals surface area (Å²) in [5.41, 5.74) is 0.404. The molecule has 0 bridgehead atoms. The molecule has 0 saturated heterocycles. The Kier molecular flexibility index (Phi) is 3.30. The molecule has 2 rings (SSSR count). The van der Waals surface area contributed by atoms with Crippen molar-refractivity contribution in [3.05, 3.63) is 36.4 Å². The van der Waals surface area contributed by atoms with E-state index in [0.717, 1.165) is 10.8 Å². The molecule has 2 N–H and O–H groups in total. The van der Waals surface area contributed by atoms with Crippen LogP contribution in [0.2, 0.25) is 0 Å². The number of phenols is 1. The number of hydrogen-bond acceptors (Lipinski definition) is 3. The van der Waals surface area contributed by atoms with Crippen molar-refractivity contribution >= 4 is 33.8 Å². The van der Waals surface area contributed by atoms with Gasteiger partial charge >= 0.3 is 0 Å². The molecular formula is C12H11N3OS. The van der Waals surface area contributed by atoms with E-state index in [1.807, 2.05) is 30.3 Å². The topological polar surface area (TPSA) is 57.0 Å². The van der Waals surface area contributed by atoms with Crippen LogP contribution in [0.5, 0.6) is 5.75 Å². The molecule has 0 radical (unpaired) electrons. The molecule has 0 fully saturated rings. The predicted octanol–water partition coefficient (Wildman–Crippen LogP) is 3.13. The molecule has 0 aliphatic heterocycles. The van der Waals surface area contributed by atoms with Gasteiger partial charge in [0.2, 0.25) is 5.11 Å². The van der Waals surface area contributed by atoms with Crippen LogP contribution in [0.1, 0.15) is 0 Å². The third kappa shape index (κ3) is 2.39. The zero-order valence-corrected chi connectivity index (χ0v) is 10.0. The van der Waals surface area contributed by atoms with Crippen LogP contribution in [0.3, 0.4) is 0 Å². The summed E-state index contributed by atoms with van der Waals surface area (Å²) in [6.45, 7) is 0. The first-order valence-corrected chi connectivity index (χ1v) is 5.47. The van der Waals surface area contributed by atoms with Crippen molar-refractivity contribution in [1.29, 1.82) is 0 Å². The monoisotopic (exact) mass is 245 g/mol. The molecule has 0 saturated carbocycles. The molecule has 0 aromatic heterocycles. The van der Waals surface area contributed by atoms with Crippen LogP contribution in [0.15, 0.2) is 46.6 Å². The smallest absolute Gasteiger partial charge is 0.213 e. The van der Waals surface area contributed by atoms with E-state index in [-0.39, 0.29) is 10.9 Å². The number of aromatic hydroxyl groups is 1. The standard InChI is InChI=1S/C12H11N3OS/c1-13-12(17)15-14-10-7-6-8-4-2-3-5-9(8)11(10)16/h2-7,16H,1H3,(H,13,17). The summed E-state index contributed by atoms with van der Waals surface area (Å²) in [6.07, 6.45) is 0. The second kappa shape index (κ2) is 4.88. The number of phenolic OH excluding ortho intramolecular Hbond substituents is 1. The van der Waals surface area contributed by atoms with Gasteiger partial charge in [0.25, 0.3) is 0 Å². The van der Waals surface area contributed by atoms with E-state index >= 15 is 0 Å². The first kappa shape index (κ1) is 11.5. The van der Waals surface area contributed by atoms with Crippen molar-refractivity contribution in [1.82, 2.24) is 5.32 Å². The maximum atomic E-state index is 10.0. The first-order chi connectivity index (χ1) is 8.22. The molecule has 0 atom stereocenters. The molecule has 2 aromatic carbocycles. The van der Waals surface area contributed by atoms with Gasteiger partial charge in [0, 0.05) is 12.4 Å². The average Bonchev–Trinajstić information content (AvgIpc) is 2.38. The van der Waals surface area contributed by atoms with Crippen LogP contribution >= 0.6 is 12.2 Å². The molecule has 4 nitrogen and oxygen atoms in total. The fourth-order valence-corrected chi connectivity index (χ4v) is 1.51. The zero-order valence-electron chi connectivity index (χ0n) is 9.21. The number of benzene rings is 2. The summed E-state index contributed by atoms with van der Waals surface area (Å²) in [5.74, 6) is 0.116. The summed E-state index contributed by atoms with van der Waals surface area (Å²) in [5, 5.41) is 22.3. The van der Waals surface area contributed by atoms with Crippen molar-refractivity contribution in [3.8, 4) is 5.75 Å². The average molecular weight is 245 g/mol. The zero-order chi connectivity index (χ0) is 12.3. The van der Waals surface area contributed by atoms with Gasteiger partial charge in [-0.2, -0.15) is 0 Å². The van der Waals surface area contributed by atoms with Crippen molar-refractivity contribution < 1.29 is 5.11 Å². The summed E-state index contributed by atoms with van der Waals surface area (Å²) in [7, 11) is 1.67. The highest BCUT2D eigenvalue weighted by Gasteiger charge is 2.04. The Bertz CT molecular complexity index is 595. The van der Waals surface area contributed by atoms with Gasteiger partial charge < -0.3 is 10.4 Å². The van der Waals surface area contributed by atoms with Crippen LogP contribution in [-0.2, 0) is 0 Å². The number of fused-ring (bicyclic) bond motifs is 1. The number of thiocarbonyl (C=S) groups is 1. The molecule has 0 spiro atoms. The maximum absolute atomic E-state index is 10.0. The Morgan fingerprint density at radius 1 is 1.24 bits per heavy atom. The fourth-order valence-electron chi connectivity index (χ4n) is 1.47. The van der Waals surface area contributed by atoms with E-state index in [1.54, 1.807) is 13.1 Å². The fraction of sp³-hybridized carbons (Fsp3) is 0.0833. The van der Waals surface area contributed by atoms with E-state index in [2.05, 4.69) is 15.5 Å². The SMILES string of the molecule is CNC(=S)N=Nc1ccc2ccccc2c1O. The van der Waals surface area contributed by atoms with Crippen LogP contribution in [0.25, 0.3) is 10.8 Å². The molecule has 0 aliphatic carbocycles. The summed E-state index contributed by atoms with van der Waals surface area (Å²) in [6, 6.07) is 11.1. The lowest BCUT2D eigenvalue weighted by atomic mass is 10.1. The highest BCUT2D eigenvalue weighted by atomic mass is 32.1. The summed E-state index contributed by atoms with van der Waals surface area (Å²) < 4.78 is 0. The third-order valence-electron chi connectivity index (χ3n) is 2.34. The summed E-state index contributed by atoms with van der Waals surface area (Å²) >= 11 is 4.84. The summed E-state index contributed by atoms with van der Waals surface area (Å²) in [4.78, 5) is 0. The van der Waals surface area contributed by atoms with Gasteiger partial charge in [0.1, 0.15) is 5.69 Å². The predicted molar refractivity (Wildman–Crippen MR) is 71.8 cm³/mol. The highest BCUT2D eigenvalue weighted by molar-refractivity contribution is 7.80. The van der Waals surface area contributed by atoms with Gasteiger partial charge in [-0.15, -0.1) is 10.2 Å². The Morgan fingerprint density at radius 2 is 2.00 bits per heavy atom. The van der Waals surface area contributed by atoms with E-state index in [0.29, 0.717) is 5.69 Å². The molecule has 0 aliphatic rings. The number of nitrogens with zero attached hydrogens (tertiary/aromatic N) is 2. The minimum absolute atomic E-state index is 0.116. The van der Waals surface area contributed by atoms with Crippen molar-refractivity contribution in [2.24, 2.45) is 10.2 Å². The molecule has 86 valence electrons. The van der Waals surface area contributed by atoms with Crippen LogP contribution in [0.4, 0.5) is 5.69 Å². The van der Waals surface area contributed by atoms with Gasteiger partial charge in [0.05, 0.1) is 0 Å². The molecule has 2 aromatic rings. The first-order valence-electron chi connectivity index (χ1n) is 5.06. The highest BCUT2D eigenvalue weighted by Crippen LogP contribution is 2.34. The van der Waals surface area contributed by atoms with Crippen molar-refractivity contribution in [3.63, 3.8) is 0 Å². The van der Waals surface area contributed by atoms with Gasteiger partial charge in [0.15, 0.2) is 5.75 Å². The van der Waals surface area contributed by atoms with Gasteiger partial charge in [-0.3, -0.25) is 0 Å². The lowest BCUT2D eigenvalue weighted by Crippen LogP contribution is -2.11. The van der Waals surface area contributed by atoms with Crippen LogP contribution in [0, 0.1) is 0 Å². The Morgan fingerprint density at radius 3 is 2.76 bits per heavy atom. The molecule has 17 heavy (non-hydrogen) atoms. The van der Waals surface area contributed by atoms with E-state index in [9.17, 15) is 5.11 Å². The number of azo groups is 1. The minimum Gasteiger partial charge on any atom is -0.505 e. The Labute approximate surface area is 104 Å². The molecule has 0 heterocycles.